The summed E-state index contributed by atoms with van der Waals surface area (Å²) in [6.45, 7) is 0. The number of hydrogen-bond donors (Lipinski definition) is 0. The van der Waals surface area contributed by atoms with Crippen LogP contribution >= 0.6 is 22.7 Å². The van der Waals surface area contributed by atoms with Crippen molar-refractivity contribution in [1.29, 1.82) is 0 Å². The second-order valence-corrected chi connectivity index (χ2v) is 14.2. The lowest BCUT2D eigenvalue weighted by Gasteiger charge is -2.11. The molecule has 3 heterocycles. The van der Waals surface area contributed by atoms with E-state index in [0.29, 0.717) is 17.5 Å². The summed E-state index contributed by atoms with van der Waals surface area (Å²) >= 11 is 3.61. The number of aromatic nitrogens is 3. The maximum absolute atomic E-state index is 5.27. The second-order valence-electron chi connectivity index (χ2n) is 12.0. The molecule has 0 radical (unpaired) electrons. The van der Waals surface area contributed by atoms with Gasteiger partial charge in [-0.2, -0.15) is 0 Å². The molecule has 10 rings (SSSR count). The van der Waals surface area contributed by atoms with Gasteiger partial charge in [0.1, 0.15) is 0 Å². The molecule has 0 bridgehead atoms. The lowest BCUT2D eigenvalue weighted by atomic mass is 9.99. The molecule has 3 nitrogen and oxygen atoms in total. The highest BCUT2D eigenvalue weighted by molar-refractivity contribution is 7.26. The molecule has 5 heteroatoms. The van der Waals surface area contributed by atoms with E-state index < -0.39 is 0 Å². The summed E-state index contributed by atoms with van der Waals surface area (Å²) in [5.41, 5.74) is 5.27. The molecule has 0 atom stereocenters. The van der Waals surface area contributed by atoms with Crippen LogP contribution in [-0.2, 0) is 0 Å². The van der Waals surface area contributed by atoms with Crippen LogP contribution in [0.3, 0.4) is 0 Å². The van der Waals surface area contributed by atoms with Gasteiger partial charge >= 0.3 is 0 Å². The van der Waals surface area contributed by atoms with Crippen molar-refractivity contribution in [3.63, 3.8) is 0 Å². The Hall–Kier alpha value is -5.75. The van der Waals surface area contributed by atoms with Gasteiger partial charge in [-0.1, -0.05) is 115 Å². The van der Waals surface area contributed by atoms with E-state index in [1.165, 1.54) is 51.1 Å². The molecule has 0 spiro atoms. The highest BCUT2D eigenvalue weighted by Crippen LogP contribution is 2.42. The van der Waals surface area contributed by atoms with Crippen molar-refractivity contribution in [2.24, 2.45) is 0 Å². The summed E-state index contributed by atoms with van der Waals surface area (Å²) in [6.07, 6.45) is 0. The van der Waals surface area contributed by atoms with Crippen LogP contribution in [0.25, 0.3) is 96.4 Å². The second kappa shape index (κ2) is 10.9. The van der Waals surface area contributed by atoms with Gasteiger partial charge in [0.15, 0.2) is 17.5 Å². The third kappa shape index (κ3) is 4.43. The number of nitrogens with zero attached hydrogens (tertiary/aromatic N) is 3. The molecule has 0 aliphatic carbocycles. The quantitative estimate of drug-likeness (QED) is 0.191. The average Bonchev–Trinajstić information content (AvgIpc) is 3.73. The molecule has 224 valence electrons. The standard InChI is InChI=1S/C43H25N3S2/c1-2-11-27-24-29(23-22-26(27)10-1)28-12-7-13-30(25-28)41-44-42(33-16-8-20-37-39(33)31-14-3-5-18-35(31)47-37)46-43(45-41)34-17-9-21-38-40(34)32-15-4-6-19-36(32)48-38/h1-25H. The Labute approximate surface area is 284 Å². The summed E-state index contributed by atoms with van der Waals surface area (Å²) in [5, 5.41) is 7.27. The van der Waals surface area contributed by atoms with Crippen molar-refractivity contribution in [3.8, 4) is 45.3 Å². The van der Waals surface area contributed by atoms with Gasteiger partial charge in [-0.25, -0.2) is 15.0 Å². The van der Waals surface area contributed by atoms with E-state index in [9.17, 15) is 0 Å². The van der Waals surface area contributed by atoms with Gasteiger partial charge in [0.05, 0.1) is 0 Å². The average molecular weight is 648 g/mol. The zero-order valence-corrected chi connectivity index (χ0v) is 27.2. The molecule has 10 aromatic rings. The SMILES string of the molecule is c1cc(-c2ccc3ccccc3c2)cc(-c2nc(-c3cccc4sc5ccccc5c34)nc(-c3cccc4sc5ccccc5c34)n2)c1. The Morgan fingerprint density at radius 1 is 0.333 bits per heavy atom. The first-order valence-corrected chi connectivity index (χ1v) is 17.6. The van der Waals surface area contributed by atoms with E-state index in [-0.39, 0.29) is 0 Å². The Morgan fingerprint density at radius 3 is 1.50 bits per heavy atom. The van der Waals surface area contributed by atoms with Crippen LogP contribution in [0.15, 0.2) is 152 Å². The molecule has 0 aliphatic rings. The van der Waals surface area contributed by atoms with Crippen molar-refractivity contribution in [3.05, 3.63) is 152 Å². The molecular weight excluding hydrogens is 623 g/mol. The predicted molar refractivity (Wildman–Crippen MR) is 205 cm³/mol. The zero-order valence-electron chi connectivity index (χ0n) is 25.6. The van der Waals surface area contributed by atoms with Gasteiger partial charge in [0, 0.05) is 57.0 Å². The van der Waals surface area contributed by atoms with Crippen LogP contribution in [0.1, 0.15) is 0 Å². The minimum Gasteiger partial charge on any atom is -0.208 e. The van der Waals surface area contributed by atoms with E-state index in [1.807, 2.05) is 0 Å². The first-order chi connectivity index (χ1) is 23.8. The first kappa shape index (κ1) is 27.4. The lowest BCUT2D eigenvalue weighted by molar-refractivity contribution is 1.08. The third-order valence-electron chi connectivity index (χ3n) is 9.13. The highest BCUT2D eigenvalue weighted by atomic mass is 32.1. The summed E-state index contributed by atoms with van der Waals surface area (Å²) in [5.74, 6) is 2.01. The fraction of sp³-hybridized carbons (Fsp3) is 0. The zero-order chi connectivity index (χ0) is 31.6. The van der Waals surface area contributed by atoms with Crippen LogP contribution < -0.4 is 0 Å². The maximum Gasteiger partial charge on any atom is 0.164 e. The number of fused-ring (bicyclic) bond motifs is 7. The topological polar surface area (TPSA) is 38.7 Å². The molecule has 0 amide bonds. The van der Waals surface area contributed by atoms with Gasteiger partial charge in [0.2, 0.25) is 0 Å². The number of hydrogen-bond acceptors (Lipinski definition) is 5. The maximum atomic E-state index is 5.27. The van der Waals surface area contributed by atoms with Crippen LogP contribution in [0.5, 0.6) is 0 Å². The minimum absolute atomic E-state index is 0.658. The van der Waals surface area contributed by atoms with Gasteiger partial charge in [-0.3, -0.25) is 0 Å². The van der Waals surface area contributed by atoms with Gasteiger partial charge < -0.3 is 0 Å². The van der Waals surface area contributed by atoms with Crippen LogP contribution in [0, 0.1) is 0 Å². The fourth-order valence-electron chi connectivity index (χ4n) is 6.87. The smallest absolute Gasteiger partial charge is 0.164 e. The van der Waals surface area contributed by atoms with E-state index in [1.54, 1.807) is 22.7 Å². The van der Waals surface area contributed by atoms with Crippen LogP contribution in [0.2, 0.25) is 0 Å². The molecule has 0 N–H and O–H groups in total. The summed E-state index contributed by atoms with van der Waals surface area (Å²) < 4.78 is 4.96. The monoisotopic (exact) mass is 647 g/mol. The summed E-state index contributed by atoms with van der Waals surface area (Å²) in [7, 11) is 0. The largest absolute Gasteiger partial charge is 0.208 e. The Kier molecular flexibility index (Phi) is 6.22. The van der Waals surface area contributed by atoms with E-state index in [4.69, 9.17) is 15.0 Å². The normalized spacial score (nSPS) is 11.8. The number of rotatable bonds is 4. The molecule has 0 fully saturated rings. The van der Waals surface area contributed by atoms with Crippen molar-refractivity contribution in [1.82, 2.24) is 15.0 Å². The third-order valence-corrected chi connectivity index (χ3v) is 11.4. The van der Waals surface area contributed by atoms with E-state index in [0.717, 1.165) is 27.8 Å². The van der Waals surface area contributed by atoms with Gasteiger partial charge in [-0.15, -0.1) is 22.7 Å². The first-order valence-electron chi connectivity index (χ1n) is 15.9. The molecule has 48 heavy (non-hydrogen) atoms. The molecule has 0 unspecified atom stereocenters. The van der Waals surface area contributed by atoms with Crippen molar-refractivity contribution in [2.75, 3.05) is 0 Å². The Bertz CT molecular complexity index is 2730. The number of benzene rings is 7. The summed E-state index contributed by atoms with van der Waals surface area (Å²) in [6, 6.07) is 53.8. The molecule has 0 aliphatic heterocycles. The molecular formula is C43H25N3S2. The van der Waals surface area contributed by atoms with Crippen molar-refractivity contribution < 1.29 is 0 Å². The molecule has 0 saturated heterocycles. The van der Waals surface area contributed by atoms with Crippen molar-refractivity contribution >= 4 is 73.8 Å². The Balaban J connectivity index is 1.23. The van der Waals surface area contributed by atoms with Gasteiger partial charge in [0.25, 0.3) is 0 Å². The summed E-state index contributed by atoms with van der Waals surface area (Å²) in [4.78, 5) is 15.7. The van der Waals surface area contributed by atoms with Crippen LogP contribution in [0.4, 0.5) is 0 Å². The highest BCUT2D eigenvalue weighted by Gasteiger charge is 2.19. The minimum atomic E-state index is 0.658. The lowest BCUT2D eigenvalue weighted by Crippen LogP contribution is -2.01. The Morgan fingerprint density at radius 2 is 0.833 bits per heavy atom. The fourth-order valence-corrected chi connectivity index (χ4v) is 9.14. The van der Waals surface area contributed by atoms with Crippen molar-refractivity contribution in [2.45, 2.75) is 0 Å². The van der Waals surface area contributed by atoms with Crippen LogP contribution in [-0.4, -0.2) is 15.0 Å². The molecule has 3 aromatic heterocycles. The predicted octanol–water partition coefficient (Wildman–Crippen LogP) is 12.4. The molecule has 7 aromatic carbocycles. The van der Waals surface area contributed by atoms with E-state index >= 15 is 0 Å². The number of thiophene rings is 2. The van der Waals surface area contributed by atoms with E-state index in [2.05, 4.69) is 152 Å². The molecule has 0 saturated carbocycles. The van der Waals surface area contributed by atoms with Gasteiger partial charge in [-0.05, 0) is 58.3 Å².